The third-order valence-electron chi connectivity index (χ3n) is 3.47. The molecule has 0 radical (unpaired) electrons. The number of hydrogen-bond acceptors (Lipinski definition) is 4. The smallest absolute Gasteiger partial charge is 0.258 e. The molecule has 1 aromatic heterocycles. The number of thiocarbonyl (C=S) groups is 1. The van der Waals surface area contributed by atoms with Gasteiger partial charge in [-0.05, 0) is 49.0 Å². The van der Waals surface area contributed by atoms with E-state index in [1.165, 1.54) is 24.5 Å². The summed E-state index contributed by atoms with van der Waals surface area (Å²) in [7, 11) is 0. The van der Waals surface area contributed by atoms with Crippen LogP contribution in [0.15, 0.2) is 60.9 Å². The van der Waals surface area contributed by atoms with Gasteiger partial charge < -0.3 is 15.4 Å². The number of rotatable bonds is 5. The predicted octanol–water partition coefficient (Wildman–Crippen LogP) is 4.31. The highest BCUT2D eigenvalue weighted by Crippen LogP contribution is 2.20. The highest BCUT2D eigenvalue weighted by atomic mass is 32.1. The maximum Gasteiger partial charge on any atom is 0.258 e. The number of hydrogen-bond donors (Lipinski definition) is 2. The van der Waals surface area contributed by atoms with E-state index in [1.807, 2.05) is 31.2 Å². The topological polar surface area (TPSA) is 59.1 Å². The highest BCUT2D eigenvalue weighted by Gasteiger charge is 2.09. The number of aromatic nitrogens is 2. The molecule has 0 saturated heterocycles. The summed E-state index contributed by atoms with van der Waals surface area (Å²) < 4.78 is 18.9. The molecule has 132 valence electrons. The Morgan fingerprint density at radius 2 is 1.85 bits per heavy atom. The lowest BCUT2D eigenvalue weighted by molar-refractivity contribution is 0.294. The van der Waals surface area contributed by atoms with Crippen molar-refractivity contribution in [1.82, 2.24) is 9.97 Å². The fourth-order valence-electron chi connectivity index (χ4n) is 2.20. The van der Waals surface area contributed by atoms with E-state index in [9.17, 15) is 4.39 Å². The lowest BCUT2D eigenvalue weighted by Crippen LogP contribution is -2.20. The fourth-order valence-corrected chi connectivity index (χ4v) is 2.42. The molecule has 2 N–H and O–H groups in total. The van der Waals surface area contributed by atoms with Crippen LogP contribution in [0.3, 0.4) is 0 Å². The molecule has 3 aromatic rings. The van der Waals surface area contributed by atoms with Gasteiger partial charge in [0.25, 0.3) is 5.88 Å². The van der Waals surface area contributed by atoms with Gasteiger partial charge in [-0.1, -0.05) is 29.8 Å². The van der Waals surface area contributed by atoms with Crippen LogP contribution in [0.1, 0.15) is 11.1 Å². The van der Waals surface area contributed by atoms with Crippen molar-refractivity contribution >= 4 is 28.8 Å². The van der Waals surface area contributed by atoms with Gasteiger partial charge in [0.15, 0.2) is 10.9 Å². The molecule has 0 saturated carbocycles. The molecule has 0 unspecified atom stereocenters. The van der Waals surface area contributed by atoms with E-state index in [2.05, 4.69) is 20.6 Å². The zero-order valence-electron chi connectivity index (χ0n) is 14.1. The van der Waals surface area contributed by atoms with Gasteiger partial charge in [0.05, 0.1) is 0 Å². The van der Waals surface area contributed by atoms with Crippen molar-refractivity contribution in [2.45, 2.75) is 13.5 Å². The summed E-state index contributed by atoms with van der Waals surface area (Å²) in [5.41, 5.74) is 2.72. The second-order valence-electron chi connectivity index (χ2n) is 5.57. The quantitative estimate of drug-likeness (QED) is 0.655. The third-order valence-corrected chi connectivity index (χ3v) is 3.67. The second-order valence-corrected chi connectivity index (χ2v) is 5.98. The summed E-state index contributed by atoms with van der Waals surface area (Å²) >= 11 is 5.31. The van der Waals surface area contributed by atoms with Crippen molar-refractivity contribution in [2.75, 3.05) is 10.6 Å². The molecule has 0 aliphatic rings. The highest BCUT2D eigenvalue weighted by molar-refractivity contribution is 7.80. The monoisotopic (exact) mass is 368 g/mol. The van der Waals surface area contributed by atoms with Crippen molar-refractivity contribution in [3.63, 3.8) is 0 Å². The number of nitrogens with zero attached hydrogens (tertiary/aromatic N) is 2. The van der Waals surface area contributed by atoms with Crippen molar-refractivity contribution in [1.29, 1.82) is 0 Å². The summed E-state index contributed by atoms with van der Waals surface area (Å²) in [5.74, 6) is 0.352. The Hall–Kier alpha value is -3.06. The molecule has 0 spiro atoms. The van der Waals surface area contributed by atoms with Gasteiger partial charge in [-0.2, -0.15) is 0 Å². The predicted molar refractivity (Wildman–Crippen MR) is 104 cm³/mol. The Balaban J connectivity index is 1.64. The van der Waals surface area contributed by atoms with Crippen molar-refractivity contribution in [2.24, 2.45) is 0 Å². The van der Waals surface area contributed by atoms with Crippen molar-refractivity contribution in [3.8, 4) is 5.88 Å². The average molecular weight is 368 g/mol. The van der Waals surface area contributed by atoms with Gasteiger partial charge in [0.1, 0.15) is 12.4 Å². The minimum Gasteiger partial charge on any atom is -0.470 e. The van der Waals surface area contributed by atoms with Crippen molar-refractivity contribution < 1.29 is 9.13 Å². The first-order chi connectivity index (χ1) is 12.6. The van der Waals surface area contributed by atoms with Crippen LogP contribution in [0.25, 0.3) is 0 Å². The van der Waals surface area contributed by atoms with Gasteiger partial charge in [-0.3, -0.25) is 0 Å². The molecule has 2 aromatic carbocycles. The number of nitrogens with one attached hydrogen (secondary N) is 2. The van der Waals surface area contributed by atoms with Gasteiger partial charge in [-0.25, -0.2) is 14.4 Å². The van der Waals surface area contributed by atoms with E-state index in [0.29, 0.717) is 16.5 Å². The van der Waals surface area contributed by atoms with Crippen LogP contribution in [0, 0.1) is 12.7 Å². The van der Waals surface area contributed by atoms with E-state index in [0.717, 1.165) is 11.3 Å². The van der Waals surface area contributed by atoms with E-state index in [4.69, 9.17) is 17.0 Å². The number of aryl methyl sites for hydroxylation is 1. The lowest BCUT2D eigenvalue weighted by atomic mass is 10.2. The fraction of sp³-hybridized carbons (Fsp3) is 0.105. The number of benzene rings is 2. The normalized spacial score (nSPS) is 10.2. The molecule has 0 fully saturated rings. The molecule has 0 atom stereocenters. The molecular formula is C19H17FN4OS. The standard InChI is InChI=1S/C19H17FN4OS/c1-13-5-7-16(8-6-13)23-19(26)24-17-18(22-10-9-21-17)25-12-14-3-2-4-15(20)11-14/h2-11H,12H2,1H3,(H2,21,23,24,26). The molecule has 0 aliphatic heterocycles. The Kier molecular flexibility index (Phi) is 5.70. The number of anilines is 2. The number of halogens is 1. The summed E-state index contributed by atoms with van der Waals surface area (Å²) in [6, 6.07) is 14.0. The number of ether oxygens (including phenoxy) is 1. The molecule has 26 heavy (non-hydrogen) atoms. The first-order valence-electron chi connectivity index (χ1n) is 7.93. The van der Waals surface area contributed by atoms with Crippen LogP contribution in [-0.4, -0.2) is 15.1 Å². The van der Waals surface area contributed by atoms with E-state index in [1.54, 1.807) is 12.1 Å². The Bertz CT molecular complexity index is 902. The Labute approximate surface area is 156 Å². The summed E-state index contributed by atoms with van der Waals surface area (Å²) in [4.78, 5) is 8.36. The molecule has 0 amide bonds. The molecule has 1 heterocycles. The van der Waals surface area contributed by atoms with Crippen LogP contribution in [0.4, 0.5) is 15.9 Å². The minimum atomic E-state index is -0.313. The largest absolute Gasteiger partial charge is 0.470 e. The third kappa shape index (κ3) is 4.97. The molecule has 7 heteroatoms. The van der Waals surface area contributed by atoms with Gasteiger partial charge in [-0.15, -0.1) is 0 Å². The van der Waals surface area contributed by atoms with Crippen LogP contribution < -0.4 is 15.4 Å². The zero-order valence-corrected chi connectivity index (χ0v) is 14.9. The van der Waals surface area contributed by atoms with E-state index < -0.39 is 0 Å². The van der Waals surface area contributed by atoms with E-state index in [-0.39, 0.29) is 18.3 Å². The first-order valence-corrected chi connectivity index (χ1v) is 8.34. The van der Waals surface area contributed by atoms with Gasteiger partial charge in [0, 0.05) is 18.1 Å². The van der Waals surface area contributed by atoms with Crippen LogP contribution in [0.5, 0.6) is 5.88 Å². The maximum atomic E-state index is 13.3. The summed E-state index contributed by atoms with van der Waals surface area (Å²) in [5, 5.41) is 6.41. The SMILES string of the molecule is Cc1ccc(NC(=S)Nc2nccnc2OCc2cccc(F)c2)cc1. The van der Waals surface area contributed by atoms with Crippen LogP contribution in [0.2, 0.25) is 0 Å². The lowest BCUT2D eigenvalue weighted by Gasteiger charge is -2.13. The minimum absolute atomic E-state index is 0.170. The summed E-state index contributed by atoms with van der Waals surface area (Å²) in [6.45, 7) is 2.19. The molecule has 0 aliphatic carbocycles. The Morgan fingerprint density at radius 1 is 1.08 bits per heavy atom. The average Bonchev–Trinajstić information content (AvgIpc) is 2.63. The molecule has 3 rings (SSSR count). The van der Waals surface area contributed by atoms with Crippen LogP contribution >= 0.6 is 12.2 Å². The van der Waals surface area contributed by atoms with E-state index >= 15 is 0 Å². The zero-order chi connectivity index (χ0) is 18.4. The van der Waals surface area contributed by atoms with Crippen LogP contribution in [-0.2, 0) is 6.61 Å². The Morgan fingerprint density at radius 3 is 2.62 bits per heavy atom. The maximum absolute atomic E-state index is 13.3. The molecular weight excluding hydrogens is 351 g/mol. The second kappa shape index (κ2) is 8.35. The van der Waals surface area contributed by atoms with Gasteiger partial charge >= 0.3 is 0 Å². The molecule has 5 nitrogen and oxygen atoms in total. The van der Waals surface area contributed by atoms with Crippen molar-refractivity contribution in [3.05, 3.63) is 77.9 Å². The molecule has 0 bridgehead atoms. The summed E-state index contributed by atoms with van der Waals surface area (Å²) in [6.07, 6.45) is 3.05. The first kappa shape index (κ1) is 17.8. The van der Waals surface area contributed by atoms with Gasteiger partial charge in [0.2, 0.25) is 0 Å².